The third-order valence-electron chi connectivity index (χ3n) is 3.77. The summed E-state index contributed by atoms with van der Waals surface area (Å²) in [6.45, 7) is -0.530. The van der Waals surface area contributed by atoms with Crippen molar-refractivity contribution in [1.29, 1.82) is 0 Å². The molecule has 0 unspecified atom stereocenters. The first-order valence-electron chi connectivity index (χ1n) is 6.86. The van der Waals surface area contributed by atoms with E-state index in [9.17, 15) is 15.3 Å². The Bertz CT molecular complexity index is 710. The Morgan fingerprint density at radius 3 is 2.70 bits per heavy atom. The number of H-pyrrole nitrogens is 1. The molecule has 1 aliphatic heterocycles. The number of nitrogens with one attached hydrogen (secondary N) is 1. The highest BCUT2D eigenvalue weighted by atomic mass is 79.9. The zero-order chi connectivity index (χ0) is 16.7. The van der Waals surface area contributed by atoms with Gasteiger partial charge < -0.3 is 34.9 Å². The van der Waals surface area contributed by atoms with Gasteiger partial charge in [-0.1, -0.05) is 11.6 Å². The van der Waals surface area contributed by atoms with Crippen LogP contribution in [0.2, 0.25) is 5.02 Å². The highest BCUT2D eigenvalue weighted by Gasteiger charge is 2.45. The Morgan fingerprint density at radius 2 is 2.00 bits per heavy atom. The van der Waals surface area contributed by atoms with Gasteiger partial charge in [-0.3, -0.25) is 0 Å². The molecule has 0 spiro atoms. The van der Waals surface area contributed by atoms with Crippen LogP contribution in [-0.4, -0.2) is 62.7 Å². The topological polar surface area (TPSA) is 115 Å². The average molecular weight is 409 g/mol. The van der Waals surface area contributed by atoms with Crippen molar-refractivity contribution in [3.63, 3.8) is 0 Å². The lowest BCUT2D eigenvalue weighted by molar-refractivity contribution is -0.280. The predicted molar refractivity (Wildman–Crippen MR) is 85.4 cm³/mol. The van der Waals surface area contributed by atoms with Gasteiger partial charge in [-0.15, -0.1) is 0 Å². The molecule has 3 rings (SSSR count). The first-order chi connectivity index (χ1) is 10.9. The SMILES string of the molecule is OC[C@H]1O[C@H](O)[C@H](Oc2cc3c(Cl)c(Br)ccc3[nH]2)[C@@H](O)[C@@H]1O. The van der Waals surface area contributed by atoms with E-state index in [2.05, 4.69) is 20.9 Å². The van der Waals surface area contributed by atoms with E-state index in [1.165, 1.54) is 0 Å². The molecule has 126 valence electrons. The molecule has 23 heavy (non-hydrogen) atoms. The number of aromatic amines is 1. The maximum atomic E-state index is 10.1. The zero-order valence-corrected chi connectivity index (χ0v) is 14.0. The standard InChI is InChI=1S/C14H15BrClNO6/c15-6-1-2-7-5(10(6)16)3-9(17-7)23-13-12(20)11(19)8(4-18)22-14(13)21/h1-3,8,11-14,17-21H,4H2/t8-,11-,12+,13-,14+/m1/s1. The summed E-state index contributed by atoms with van der Waals surface area (Å²) in [5, 5.41) is 40.1. The van der Waals surface area contributed by atoms with E-state index in [1.54, 1.807) is 18.2 Å². The minimum Gasteiger partial charge on any atom is -0.467 e. The highest BCUT2D eigenvalue weighted by molar-refractivity contribution is 9.10. The van der Waals surface area contributed by atoms with E-state index < -0.39 is 37.3 Å². The highest BCUT2D eigenvalue weighted by Crippen LogP contribution is 2.34. The summed E-state index contributed by atoms with van der Waals surface area (Å²) in [7, 11) is 0. The van der Waals surface area contributed by atoms with Crippen molar-refractivity contribution in [2.45, 2.75) is 30.7 Å². The molecule has 0 radical (unpaired) electrons. The fraction of sp³-hybridized carbons (Fsp3) is 0.429. The van der Waals surface area contributed by atoms with Crippen LogP contribution >= 0.6 is 27.5 Å². The van der Waals surface area contributed by atoms with Crippen molar-refractivity contribution in [1.82, 2.24) is 4.98 Å². The van der Waals surface area contributed by atoms with E-state index in [0.717, 1.165) is 4.47 Å². The van der Waals surface area contributed by atoms with Gasteiger partial charge in [0.15, 0.2) is 18.3 Å². The van der Waals surface area contributed by atoms with Crippen LogP contribution in [0.15, 0.2) is 22.7 Å². The summed E-state index contributed by atoms with van der Waals surface area (Å²) < 4.78 is 11.3. The largest absolute Gasteiger partial charge is 0.467 e. The Hall–Kier alpha value is -0.870. The maximum absolute atomic E-state index is 10.1. The van der Waals surface area contributed by atoms with Crippen molar-refractivity contribution in [3.8, 4) is 5.88 Å². The van der Waals surface area contributed by atoms with E-state index in [-0.39, 0.29) is 5.88 Å². The van der Waals surface area contributed by atoms with Gasteiger partial charge in [0.2, 0.25) is 0 Å². The number of halogens is 2. The van der Waals surface area contributed by atoms with Crippen LogP contribution in [-0.2, 0) is 4.74 Å². The molecule has 2 heterocycles. The van der Waals surface area contributed by atoms with Crippen molar-refractivity contribution < 1.29 is 29.9 Å². The summed E-state index contributed by atoms with van der Waals surface area (Å²) in [4.78, 5) is 2.96. The first kappa shape index (κ1) is 17.0. The minimum atomic E-state index is -1.50. The molecule has 7 nitrogen and oxygen atoms in total. The fourth-order valence-corrected chi connectivity index (χ4v) is 3.09. The van der Waals surface area contributed by atoms with Crippen LogP contribution in [0.5, 0.6) is 5.88 Å². The van der Waals surface area contributed by atoms with Crippen molar-refractivity contribution in [2.75, 3.05) is 6.61 Å². The quantitative estimate of drug-likeness (QED) is 0.512. The van der Waals surface area contributed by atoms with Gasteiger partial charge in [0.25, 0.3) is 0 Å². The molecule has 9 heteroatoms. The van der Waals surface area contributed by atoms with Gasteiger partial charge in [-0.05, 0) is 28.1 Å². The average Bonchev–Trinajstić information content (AvgIpc) is 2.94. The molecular weight excluding hydrogens is 394 g/mol. The fourth-order valence-electron chi connectivity index (χ4n) is 2.53. The molecule has 0 saturated carbocycles. The van der Waals surface area contributed by atoms with Crippen LogP contribution in [0.1, 0.15) is 0 Å². The number of rotatable bonds is 3. The molecule has 1 aliphatic rings. The van der Waals surface area contributed by atoms with Gasteiger partial charge in [0.05, 0.1) is 11.6 Å². The summed E-state index contributed by atoms with van der Waals surface area (Å²) >= 11 is 9.51. The van der Waals surface area contributed by atoms with Gasteiger partial charge in [0, 0.05) is 21.4 Å². The molecule has 5 atom stereocenters. The first-order valence-corrected chi connectivity index (χ1v) is 8.03. The van der Waals surface area contributed by atoms with E-state index in [4.69, 9.17) is 26.2 Å². The predicted octanol–water partition coefficient (Wildman–Crippen LogP) is 0.762. The normalized spacial score (nSPS) is 31.5. The lowest BCUT2D eigenvalue weighted by Crippen LogP contribution is -2.60. The van der Waals surface area contributed by atoms with Gasteiger partial charge in [-0.25, -0.2) is 0 Å². The Kier molecular flexibility index (Phi) is 4.84. The lowest BCUT2D eigenvalue weighted by Gasteiger charge is -2.39. The number of aliphatic hydroxyl groups is 4. The lowest BCUT2D eigenvalue weighted by atomic mass is 9.99. The number of aromatic nitrogens is 1. The summed E-state index contributed by atoms with van der Waals surface area (Å²) in [5.74, 6) is 0.251. The van der Waals surface area contributed by atoms with E-state index in [1.807, 2.05) is 0 Å². The molecule has 0 aliphatic carbocycles. The molecule has 2 aromatic rings. The van der Waals surface area contributed by atoms with Crippen LogP contribution in [0, 0.1) is 0 Å². The van der Waals surface area contributed by atoms with Crippen molar-refractivity contribution in [2.24, 2.45) is 0 Å². The smallest absolute Gasteiger partial charge is 0.195 e. The van der Waals surface area contributed by atoms with Crippen LogP contribution in [0.4, 0.5) is 0 Å². The zero-order valence-electron chi connectivity index (χ0n) is 11.7. The third-order valence-corrected chi connectivity index (χ3v) is 5.07. The molecule has 1 saturated heterocycles. The number of benzene rings is 1. The number of fused-ring (bicyclic) bond motifs is 1. The molecule has 5 N–H and O–H groups in total. The molecule has 0 amide bonds. The summed E-state index contributed by atoms with van der Waals surface area (Å²) in [5.41, 5.74) is 0.711. The Labute approximate surface area is 144 Å². The van der Waals surface area contributed by atoms with Crippen molar-refractivity contribution in [3.05, 3.63) is 27.7 Å². The maximum Gasteiger partial charge on any atom is 0.195 e. The molecule has 1 fully saturated rings. The minimum absolute atomic E-state index is 0.251. The molecule has 1 aromatic heterocycles. The monoisotopic (exact) mass is 407 g/mol. The second-order valence-electron chi connectivity index (χ2n) is 5.27. The number of hydrogen-bond acceptors (Lipinski definition) is 6. The van der Waals surface area contributed by atoms with Crippen LogP contribution < -0.4 is 4.74 Å². The second kappa shape index (κ2) is 6.56. The van der Waals surface area contributed by atoms with Gasteiger partial charge in [-0.2, -0.15) is 0 Å². The number of hydrogen-bond donors (Lipinski definition) is 5. The van der Waals surface area contributed by atoms with Crippen LogP contribution in [0.3, 0.4) is 0 Å². The summed E-state index contributed by atoms with van der Waals surface area (Å²) in [6, 6.07) is 5.18. The van der Waals surface area contributed by atoms with Crippen molar-refractivity contribution >= 4 is 38.4 Å². The van der Waals surface area contributed by atoms with Gasteiger partial charge in [0.1, 0.15) is 18.3 Å². The Balaban J connectivity index is 1.85. The van der Waals surface area contributed by atoms with E-state index in [0.29, 0.717) is 15.9 Å². The van der Waals surface area contributed by atoms with Gasteiger partial charge >= 0.3 is 0 Å². The van der Waals surface area contributed by atoms with Crippen LogP contribution in [0.25, 0.3) is 10.9 Å². The number of ether oxygens (including phenoxy) is 2. The summed E-state index contributed by atoms with van der Waals surface area (Å²) in [6.07, 6.45) is -6.60. The Morgan fingerprint density at radius 1 is 1.26 bits per heavy atom. The second-order valence-corrected chi connectivity index (χ2v) is 6.50. The van der Waals surface area contributed by atoms with E-state index >= 15 is 0 Å². The third kappa shape index (κ3) is 3.08. The molecular formula is C14H15BrClNO6. The number of aliphatic hydroxyl groups excluding tert-OH is 4. The molecule has 0 bridgehead atoms. The molecule has 1 aromatic carbocycles.